The minimum absolute atomic E-state index is 0.0821. The van der Waals surface area contributed by atoms with Gasteiger partial charge in [0.1, 0.15) is 30.5 Å². The summed E-state index contributed by atoms with van der Waals surface area (Å²) in [6, 6.07) is 8.99. The highest BCUT2D eigenvalue weighted by atomic mass is 16.7. The lowest BCUT2D eigenvalue weighted by atomic mass is 9.99. The molecule has 216 valence electrons. The van der Waals surface area contributed by atoms with Crippen molar-refractivity contribution >= 4 is 11.8 Å². The molecule has 8 N–H and O–H groups in total. The Morgan fingerprint density at radius 3 is 2.39 bits per heavy atom. The SMILES string of the molecule is CC(=O)N[C@@H](CO[C@H]1OC(CO)[C@H](O)C(O)[C@@H]1O)[C@H](O)[C@H](O)CCCC(=O)NCCCCc1ccccc1. The number of ether oxygens (including phenoxy) is 2. The lowest BCUT2D eigenvalue weighted by Crippen LogP contribution is -2.60. The number of carbonyl (C=O) groups is 2. The zero-order chi connectivity index (χ0) is 28.1. The number of nitrogens with one attached hydrogen (secondary N) is 2. The van der Waals surface area contributed by atoms with Crippen molar-refractivity contribution in [2.24, 2.45) is 0 Å². The maximum Gasteiger partial charge on any atom is 0.219 e. The first-order chi connectivity index (χ1) is 18.1. The van der Waals surface area contributed by atoms with E-state index in [2.05, 4.69) is 22.8 Å². The first kappa shape index (κ1) is 32.1. The van der Waals surface area contributed by atoms with Crippen LogP contribution in [0.2, 0.25) is 0 Å². The molecule has 0 aliphatic carbocycles. The third kappa shape index (κ3) is 10.5. The number of rotatable bonds is 16. The molecule has 1 fully saturated rings. The highest BCUT2D eigenvalue weighted by Crippen LogP contribution is 2.22. The molecule has 12 heteroatoms. The monoisotopic (exact) mass is 542 g/mol. The minimum Gasteiger partial charge on any atom is -0.394 e. The Labute approximate surface area is 222 Å². The molecule has 0 saturated carbocycles. The molecule has 1 heterocycles. The number of hydrogen-bond acceptors (Lipinski definition) is 10. The number of unbranched alkanes of at least 4 members (excludes halogenated alkanes) is 1. The van der Waals surface area contributed by atoms with Gasteiger partial charge in [0.2, 0.25) is 11.8 Å². The summed E-state index contributed by atoms with van der Waals surface area (Å²) in [5.41, 5.74) is 1.25. The van der Waals surface area contributed by atoms with Gasteiger partial charge in [-0.1, -0.05) is 30.3 Å². The fourth-order valence-corrected chi connectivity index (χ4v) is 4.22. The van der Waals surface area contributed by atoms with E-state index in [0.717, 1.165) is 19.3 Å². The summed E-state index contributed by atoms with van der Waals surface area (Å²) in [6.07, 6.45) is -6.96. The predicted molar refractivity (Wildman–Crippen MR) is 136 cm³/mol. The molecule has 12 nitrogen and oxygen atoms in total. The zero-order valence-corrected chi connectivity index (χ0v) is 21.7. The van der Waals surface area contributed by atoms with Crippen LogP contribution in [-0.2, 0) is 25.5 Å². The Hall–Kier alpha value is -2.16. The van der Waals surface area contributed by atoms with Crippen LogP contribution in [0.15, 0.2) is 30.3 Å². The zero-order valence-electron chi connectivity index (χ0n) is 21.7. The Morgan fingerprint density at radius 2 is 1.74 bits per heavy atom. The number of aryl methyl sites for hydroxylation is 1. The van der Waals surface area contributed by atoms with Crippen molar-refractivity contribution in [3.8, 4) is 0 Å². The average molecular weight is 543 g/mol. The van der Waals surface area contributed by atoms with E-state index < -0.39 is 68.1 Å². The van der Waals surface area contributed by atoms with Crippen molar-refractivity contribution in [2.75, 3.05) is 19.8 Å². The lowest BCUT2D eigenvalue weighted by Gasteiger charge is -2.40. The lowest BCUT2D eigenvalue weighted by molar-refractivity contribution is -0.303. The summed E-state index contributed by atoms with van der Waals surface area (Å²) in [5, 5.41) is 65.5. The molecule has 0 spiro atoms. The van der Waals surface area contributed by atoms with Crippen LogP contribution < -0.4 is 10.6 Å². The molecule has 2 rings (SSSR count). The molecule has 2 amide bonds. The van der Waals surface area contributed by atoms with E-state index in [1.807, 2.05) is 18.2 Å². The summed E-state index contributed by atoms with van der Waals surface area (Å²) in [4.78, 5) is 23.7. The second kappa shape index (κ2) is 16.7. The van der Waals surface area contributed by atoms with E-state index in [4.69, 9.17) is 9.47 Å². The Kier molecular flexibility index (Phi) is 14.1. The molecule has 0 radical (unpaired) electrons. The van der Waals surface area contributed by atoms with E-state index in [9.17, 15) is 40.2 Å². The molecule has 8 atom stereocenters. The number of hydrogen-bond donors (Lipinski definition) is 8. The van der Waals surface area contributed by atoms with Crippen LogP contribution in [0, 0.1) is 0 Å². The quantitative estimate of drug-likeness (QED) is 0.112. The fourth-order valence-electron chi connectivity index (χ4n) is 4.22. The normalized spacial score (nSPS) is 25.8. The second-order valence-corrected chi connectivity index (χ2v) is 9.58. The smallest absolute Gasteiger partial charge is 0.219 e. The molecule has 0 bridgehead atoms. The van der Waals surface area contributed by atoms with E-state index in [0.29, 0.717) is 13.0 Å². The molecular formula is C26H42N2O10. The molecule has 38 heavy (non-hydrogen) atoms. The third-order valence-corrected chi connectivity index (χ3v) is 6.44. The number of amides is 2. The van der Waals surface area contributed by atoms with Gasteiger partial charge in [-0.2, -0.15) is 0 Å². The van der Waals surface area contributed by atoms with Crippen LogP contribution in [0.3, 0.4) is 0 Å². The summed E-state index contributed by atoms with van der Waals surface area (Å²) in [6.45, 7) is 0.716. The fraction of sp³-hybridized carbons (Fsp3) is 0.692. The van der Waals surface area contributed by atoms with Crippen LogP contribution in [-0.4, -0.2) is 111 Å². The number of aliphatic hydroxyl groups is 6. The first-order valence-electron chi connectivity index (χ1n) is 13.0. The van der Waals surface area contributed by atoms with Crippen LogP contribution in [0.5, 0.6) is 0 Å². The van der Waals surface area contributed by atoms with E-state index in [1.54, 1.807) is 0 Å². The predicted octanol–water partition coefficient (Wildman–Crippen LogP) is -1.66. The average Bonchev–Trinajstić information content (AvgIpc) is 2.90. The van der Waals surface area contributed by atoms with Crippen LogP contribution in [0.25, 0.3) is 0 Å². The first-order valence-corrected chi connectivity index (χ1v) is 13.0. The Balaban J connectivity index is 1.72. The van der Waals surface area contributed by atoms with Crippen molar-refractivity contribution in [2.45, 2.75) is 94.4 Å². The molecule has 1 aliphatic heterocycles. The van der Waals surface area contributed by atoms with Crippen LogP contribution in [0.1, 0.15) is 44.6 Å². The van der Waals surface area contributed by atoms with E-state index >= 15 is 0 Å². The number of carbonyl (C=O) groups excluding carboxylic acids is 2. The van der Waals surface area contributed by atoms with Gasteiger partial charge >= 0.3 is 0 Å². The standard InChI is InChI=1S/C26H42N2O10/c1-16(30)28-18(15-37-26-25(36)24(35)23(34)20(14-29)38-26)22(33)19(31)11-7-12-21(32)27-13-6-5-10-17-8-3-2-4-9-17/h2-4,8-9,18-20,22-26,29,31,33-36H,5-7,10-15H2,1H3,(H,27,32)(H,28,30)/t18-,19+,20?,22-,23-,24?,25-,26-/m0/s1. The molecule has 2 unspecified atom stereocenters. The summed E-state index contributed by atoms with van der Waals surface area (Å²) < 4.78 is 10.7. The topological polar surface area (TPSA) is 198 Å². The highest BCUT2D eigenvalue weighted by Gasteiger charge is 2.44. The highest BCUT2D eigenvalue weighted by molar-refractivity contribution is 5.75. The third-order valence-electron chi connectivity index (χ3n) is 6.44. The second-order valence-electron chi connectivity index (χ2n) is 9.58. The molecule has 1 aromatic carbocycles. The Morgan fingerprint density at radius 1 is 1.03 bits per heavy atom. The maximum atomic E-state index is 12.1. The van der Waals surface area contributed by atoms with E-state index in [-0.39, 0.29) is 18.7 Å². The van der Waals surface area contributed by atoms with Gasteiger partial charge in [0.05, 0.1) is 25.4 Å². The number of aliphatic hydroxyl groups excluding tert-OH is 6. The summed E-state index contributed by atoms with van der Waals surface area (Å²) in [7, 11) is 0. The molecule has 1 saturated heterocycles. The van der Waals surface area contributed by atoms with Gasteiger partial charge in [-0.3, -0.25) is 9.59 Å². The van der Waals surface area contributed by atoms with Crippen molar-refractivity contribution in [3.63, 3.8) is 0 Å². The summed E-state index contributed by atoms with van der Waals surface area (Å²) in [5.74, 6) is -0.666. The van der Waals surface area contributed by atoms with Crippen molar-refractivity contribution in [3.05, 3.63) is 35.9 Å². The van der Waals surface area contributed by atoms with Gasteiger partial charge in [0, 0.05) is 19.9 Å². The van der Waals surface area contributed by atoms with Gasteiger partial charge < -0.3 is 50.7 Å². The van der Waals surface area contributed by atoms with E-state index in [1.165, 1.54) is 12.5 Å². The van der Waals surface area contributed by atoms with Crippen molar-refractivity contribution < 1.29 is 49.7 Å². The van der Waals surface area contributed by atoms with Crippen molar-refractivity contribution in [1.82, 2.24) is 10.6 Å². The van der Waals surface area contributed by atoms with Crippen molar-refractivity contribution in [1.29, 1.82) is 0 Å². The molecule has 1 aliphatic rings. The molecule has 0 aromatic heterocycles. The largest absolute Gasteiger partial charge is 0.394 e. The molecular weight excluding hydrogens is 500 g/mol. The minimum atomic E-state index is -1.65. The Bertz CT molecular complexity index is 828. The van der Waals surface area contributed by atoms with Crippen LogP contribution >= 0.6 is 0 Å². The van der Waals surface area contributed by atoms with Crippen LogP contribution in [0.4, 0.5) is 0 Å². The number of benzene rings is 1. The van der Waals surface area contributed by atoms with Gasteiger partial charge in [0.15, 0.2) is 6.29 Å². The maximum absolute atomic E-state index is 12.1. The van der Waals surface area contributed by atoms with Gasteiger partial charge in [0.25, 0.3) is 0 Å². The molecule has 1 aromatic rings. The van der Waals surface area contributed by atoms with Gasteiger partial charge in [-0.25, -0.2) is 0 Å². The summed E-state index contributed by atoms with van der Waals surface area (Å²) >= 11 is 0. The van der Waals surface area contributed by atoms with Gasteiger partial charge in [-0.05, 0) is 37.7 Å². The van der Waals surface area contributed by atoms with Gasteiger partial charge in [-0.15, -0.1) is 0 Å².